The maximum Gasteiger partial charge on any atom is 0.0649 e. The van der Waals surface area contributed by atoms with E-state index in [9.17, 15) is 0 Å². The number of hydrogen-bond donors (Lipinski definition) is 1. The fourth-order valence-electron chi connectivity index (χ4n) is 2.50. The van der Waals surface area contributed by atoms with Crippen LogP contribution in [0.25, 0.3) is 5.69 Å². The van der Waals surface area contributed by atoms with Crippen LogP contribution in [0.2, 0.25) is 0 Å². The minimum atomic E-state index is -0.160. The molecule has 19 heavy (non-hydrogen) atoms. The van der Waals surface area contributed by atoms with Gasteiger partial charge in [0.25, 0.3) is 0 Å². The van der Waals surface area contributed by atoms with Gasteiger partial charge >= 0.3 is 0 Å². The van der Waals surface area contributed by atoms with E-state index in [1.54, 1.807) is 0 Å². The number of nitrogens with two attached hydrogens (primary N) is 1. The minimum absolute atomic E-state index is 0.160. The van der Waals surface area contributed by atoms with Gasteiger partial charge in [-0.3, -0.25) is 0 Å². The molecule has 3 nitrogen and oxygen atoms in total. The lowest BCUT2D eigenvalue weighted by atomic mass is 9.96. The van der Waals surface area contributed by atoms with Crippen molar-refractivity contribution in [3.8, 4) is 5.69 Å². The van der Waals surface area contributed by atoms with E-state index in [1.807, 2.05) is 6.20 Å². The predicted molar refractivity (Wildman–Crippen MR) is 77.5 cm³/mol. The number of aromatic nitrogens is 2. The number of nitrogens with zero attached hydrogens (tertiary/aromatic N) is 2. The van der Waals surface area contributed by atoms with Gasteiger partial charge in [0.2, 0.25) is 0 Å². The minimum Gasteiger partial charge on any atom is -0.325 e. The first kappa shape index (κ1) is 12.4. The molecular formula is C16H21N3. The lowest BCUT2D eigenvalue weighted by Crippen LogP contribution is -2.34. The van der Waals surface area contributed by atoms with Gasteiger partial charge in [0.15, 0.2) is 0 Å². The lowest BCUT2D eigenvalue weighted by molar-refractivity contribution is 0.516. The van der Waals surface area contributed by atoms with Crippen molar-refractivity contribution in [1.82, 2.24) is 9.78 Å². The van der Waals surface area contributed by atoms with Crippen LogP contribution in [0, 0.1) is 0 Å². The molecule has 2 aromatic rings. The standard InChI is InChI=1S/C16H21N3/c1-16(2,17)11-12-3-7-14(8-4-12)19-15(9-10-18-19)13-5-6-13/h3-4,7-10,13H,5-6,11,17H2,1-2H3. The quantitative estimate of drug-likeness (QED) is 0.912. The van der Waals surface area contributed by atoms with Gasteiger partial charge in [0.05, 0.1) is 5.69 Å². The first-order chi connectivity index (χ1) is 9.03. The van der Waals surface area contributed by atoms with Crippen molar-refractivity contribution in [2.45, 2.75) is 44.6 Å². The molecular weight excluding hydrogens is 234 g/mol. The monoisotopic (exact) mass is 255 g/mol. The molecule has 0 aliphatic heterocycles. The van der Waals surface area contributed by atoms with Gasteiger partial charge in [-0.2, -0.15) is 5.10 Å². The van der Waals surface area contributed by atoms with E-state index in [-0.39, 0.29) is 5.54 Å². The Morgan fingerprint density at radius 2 is 1.89 bits per heavy atom. The highest BCUT2D eigenvalue weighted by Gasteiger charge is 2.27. The maximum absolute atomic E-state index is 6.05. The van der Waals surface area contributed by atoms with Gasteiger partial charge in [-0.05, 0) is 56.9 Å². The Kier molecular flexibility index (Phi) is 2.94. The van der Waals surface area contributed by atoms with Gasteiger partial charge < -0.3 is 5.73 Å². The number of rotatable bonds is 4. The molecule has 0 spiro atoms. The van der Waals surface area contributed by atoms with Gasteiger partial charge in [-0.25, -0.2) is 4.68 Å². The largest absolute Gasteiger partial charge is 0.325 e. The molecule has 1 aliphatic rings. The van der Waals surface area contributed by atoms with E-state index in [2.05, 4.69) is 54.0 Å². The molecule has 2 N–H and O–H groups in total. The Balaban J connectivity index is 1.84. The zero-order valence-corrected chi connectivity index (χ0v) is 11.6. The number of benzene rings is 1. The molecule has 1 heterocycles. The van der Waals surface area contributed by atoms with E-state index < -0.39 is 0 Å². The molecule has 0 unspecified atom stereocenters. The van der Waals surface area contributed by atoms with Crippen molar-refractivity contribution in [3.63, 3.8) is 0 Å². The SMILES string of the molecule is CC(C)(N)Cc1ccc(-n2nccc2C2CC2)cc1. The molecule has 0 atom stereocenters. The zero-order chi connectivity index (χ0) is 13.5. The summed E-state index contributed by atoms with van der Waals surface area (Å²) in [5, 5.41) is 4.44. The second-order valence-corrected chi connectivity index (χ2v) is 6.27. The molecule has 100 valence electrons. The Bertz CT molecular complexity index is 556. The summed E-state index contributed by atoms with van der Waals surface area (Å²) in [5.41, 5.74) is 9.65. The summed E-state index contributed by atoms with van der Waals surface area (Å²) in [7, 11) is 0. The summed E-state index contributed by atoms with van der Waals surface area (Å²) >= 11 is 0. The fraction of sp³-hybridized carbons (Fsp3) is 0.438. The summed E-state index contributed by atoms with van der Waals surface area (Å²) in [6.45, 7) is 4.11. The smallest absolute Gasteiger partial charge is 0.0649 e. The third-order valence-electron chi connectivity index (χ3n) is 3.51. The normalized spacial score (nSPS) is 15.7. The average molecular weight is 255 g/mol. The summed E-state index contributed by atoms with van der Waals surface area (Å²) in [5.74, 6) is 0.713. The highest BCUT2D eigenvalue weighted by Crippen LogP contribution is 2.40. The first-order valence-electron chi connectivity index (χ1n) is 6.95. The van der Waals surface area contributed by atoms with Gasteiger partial charge in [0.1, 0.15) is 0 Å². The Morgan fingerprint density at radius 1 is 1.21 bits per heavy atom. The van der Waals surface area contributed by atoms with Crippen molar-refractivity contribution in [3.05, 3.63) is 47.8 Å². The molecule has 1 saturated carbocycles. The zero-order valence-electron chi connectivity index (χ0n) is 11.6. The van der Waals surface area contributed by atoms with Crippen molar-refractivity contribution in [2.75, 3.05) is 0 Å². The Hall–Kier alpha value is -1.61. The van der Waals surface area contributed by atoms with Crippen LogP contribution in [0.5, 0.6) is 0 Å². The van der Waals surface area contributed by atoms with Crippen LogP contribution < -0.4 is 5.73 Å². The molecule has 1 aromatic carbocycles. The van der Waals surface area contributed by atoms with Crippen molar-refractivity contribution in [1.29, 1.82) is 0 Å². The van der Waals surface area contributed by atoms with Gasteiger partial charge in [0, 0.05) is 23.3 Å². The Labute approximate surface area is 114 Å². The van der Waals surface area contributed by atoms with E-state index >= 15 is 0 Å². The summed E-state index contributed by atoms with van der Waals surface area (Å²) in [6.07, 6.45) is 5.38. The third-order valence-corrected chi connectivity index (χ3v) is 3.51. The number of hydrogen-bond acceptors (Lipinski definition) is 2. The van der Waals surface area contributed by atoms with Gasteiger partial charge in [-0.15, -0.1) is 0 Å². The van der Waals surface area contributed by atoms with Gasteiger partial charge in [-0.1, -0.05) is 12.1 Å². The molecule has 0 amide bonds. The molecule has 0 saturated heterocycles. The predicted octanol–water partition coefficient (Wildman–Crippen LogP) is 3.03. The van der Waals surface area contributed by atoms with Crippen LogP contribution in [0.15, 0.2) is 36.5 Å². The molecule has 3 heteroatoms. The van der Waals surface area contributed by atoms with Crippen LogP contribution in [0.4, 0.5) is 0 Å². The van der Waals surface area contributed by atoms with Crippen molar-refractivity contribution < 1.29 is 0 Å². The summed E-state index contributed by atoms with van der Waals surface area (Å²) in [6, 6.07) is 10.7. The highest BCUT2D eigenvalue weighted by molar-refractivity contribution is 5.37. The van der Waals surface area contributed by atoms with Crippen molar-refractivity contribution in [2.24, 2.45) is 5.73 Å². The molecule has 1 aromatic heterocycles. The second-order valence-electron chi connectivity index (χ2n) is 6.27. The topological polar surface area (TPSA) is 43.8 Å². The fourth-order valence-corrected chi connectivity index (χ4v) is 2.50. The third kappa shape index (κ3) is 2.87. The lowest BCUT2D eigenvalue weighted by Gasteiger charge is -2.18. The van der Waals surface area contributed by atoms with Crippen LogP contribution in [-0.4, -0.2) is 15.3 Å². The first-order valence-corrected chi connectivity index (χ1v) is 6.95. The summed E-state index contributed by atoms with van der Waals surface area (Å²) in [4.78, 5) is 0. The van der Waals surface area contributed by atoms with Crippen LogP contribution in [0.3, 0.4) is 0 Å². The molecule has 0 radical (unpaired) electrons. The summed E-state index contributed by atoms with van der Waals surface area (Å²) < 4.78 is 2.06. The van der Waals surface area contributed by atoms with Crippen LogP contribution >= 0.6 is 0 Å². The van der Waals surface area contributed by atoms with Crippen LogP contribution in [-0.2, 0) is 6.42 Å². The van der Waals surface area contributed by atoms with Crippen LogP contribution in [0.1, 0.15) is 43.9 Å². The average Bonchev–Trinajstić information content (AvgIpc) is 3.06. The molecule has 1 aliphatic carbocycles. The van der Waals surface area contributed by atoms with Crippen molar-refractivity contribution >= 4 is 0 Å². The Morgan fingerprint density at radius 3 is 2.47 bits per heavy atom. The molecule has 3 rings (SSSR count). The van der Waals surface area contributed by atoms with E-state index in [4.69, 9.17) is 5.73 Å². The molecule has 1 fully saturated rings. The molecule has 0 bridgehead atoms. The van der Waals surface area contributed by atoms with E-state index in [0.29, 0.717) is 5.92 Å². The van der Waals surface area contributed by atoms with E-state index in [1.165, 1.54) is 24.1 Å². The van der Waals surface area contributed by atoms with E-state index in [0.717, 1.165) is 12.1 Å². The maximum atomic E-state index is 6.05. The second kappa shape index (κ2) is 4.49. The highest BCUT2D eigenvalue weighted by atomic mass is 15.3.